The number of carbonyl (C=O) groups is 2. The molecule has 184 valence electrons. The minimum Gasteiger partial charge on any atom is -0.332 e. The summed E-state index contributed by atoms with van der Waals surface area (Å²) >= 11 is 0. The Balaban J connectivity index is 1.44. The molecule has 1 aliphatic rings. The predicted octanol–water partition coefficient (Wildman–Crippen LogP) is 6.99. The summed E-state index contributed by atoms with van der Waals surface area (Å²) < 4.78 is 16.3. The Kier molecular flexibility index (Phi) is 7.12. The van der Waals surface area contributed by atoms with Gasteiger partial charge in [0.15, 0.2) is 0 Å². The van der Waals surface area contributed by atoms with Crippen molar-refractivity contribution in [3.05, 3.63) is 95.9 Å². The number of benzene rings is 3. The van der Waals surface area contributed by atoms with Gasteiger partial charge in [-0.1, -0.05) is 55.7 Å². The van der Waals surface area contributed by atoms with E-state index in [1.165, 1.54) is 25.3 Å². The molecule has 5 rings (SSSR count). The van der Waals surface area contributed by atoms with Crippen molar-refractivity contribution in [2.24, 2.45) is 5.92 Å². The Morgan fingerprint density at radius 2 is 1.58 bits per heavy atom. The van der Waals surface area contributed by atoms with Crippen molar-refractivity contribution in [1.82, 2.24) is 4.57 Å². The molecule has 6 heteroatoms. The average Bonchev–Trinajstić information content (AvgIpc) is 3.24. The molecule has 5 nitrogen and oxygen atoms in total. The molecule has 1 aliphatic carbocycles. The molecule has 1 heterocycles. The molecule has 0 radical (unpaired) electrons. The fourth-order valence-corrected chi connectivity index (χ4v) is 5.09. The number of carbonyl (C=O) groups excluding carboxylic acids is 2. The van der Waals surface area contributed by atoms with Crippen LogP contribution >= 0.6 is 0 Å². The molecule has 0 bridgehead atoms. The van der Waals surface area contributed by atoms with Gasteiger partial charge in [0.1, 0.15) is 11.5 Å². The number of hydrogen-bond donors (Lipinski definition) is 2. The van der Waals surface area contributed by atoms with Crippen molar-refractivity contribution in [3.63, 3.8) is 0 Å². The molecule has 4 aromatic rings. The van der Waals surface area contributed by atoms with Gasteiger partial charge in [-0.2, -0.15) is 0 Å². The van der Waals surface area contributed by atoms with Crippen LogP contribution in [0.1, 0.15) is 54.6 Å². The summed E-state index contributed by atoms with van der Waals surface area (Å²) in [7, 11) is 0. The van der Waals surface area contributed by atoms with Gasteiger partial charge in [0.2, 0.25) is 5.91 Å². The van der Waals surface area contributed by atoms with Crippen molar-refractivity contribution in [3.8, 4) is 0 Å². The second-order valence-electron chi connectivity index (χ2n) is 9.56. The Labute approximate surface area is 210 Å². The van der Waals surface area contributed by atoms with Gasteiger partial charge in [0.25, 0.3) is 5.91 Å². The summed E-state index contributed by atoms with van der Waals surface area (Å²) in [4.78, 5) is 25.9. The zero-order valence-corrected chi connectivity index (χ0v) is 20.2. The Morgan fingerprint density at radius 1 is 0.833 bits per heavy atom. The smallest absolute Gasteiger partial charge is 0.272 e. The minimum atomic E-state index is -0.319. The lowest BCUT2D eigenvalue weighted by Crippen LogP contribution is -2.18. The summed E-state index contributed by atoms with van der Waals surface area (Å²) in [5, 5.41) is 6.76. The summed E-state index contributed by atoms with van der Waals surface area (Å²) in [5.41, 5.74) is 3.08. The summed E-state index contributed by atoms with van der Waals surface area (Å²) in [6.45, 7) is 0.209. The molecule has 0 unspecified atom stereocenters. The standard InChI is InChI=1S/C30H30FN3O2/c31-26-14-8-7-11-22(26)20-34-27-16-15-25(32-29(35)17-21-9-3-1-4-10-21)18-23(27)19-28(34)30(36)33-24-12-5-2-6-13-24/h2,5-8,11-16,18-19,21H,1,3-4,9-10,17,20H2,(H,32,35)(H,33,36). The maximum absolute atomic E-state index is 14.5. The molecule has 0 spiro atoms. The van der Waals surface area contributed by atoms with Crippen molar-refractivity contribution >= 4 is 34.1 Å². The lowest BCUT2D eigenvalue weighted by molar-refractivity contribution is -0.117. The van der Waals surface area contributed by atoms with E-state index in [0.29, 0.717) is 35.0 Å². The second kappa shape index (κ2) is 10.8. The van der Waals surface area contributed by atoms with E-state index < -0.39 is 0 Å². The van der Waals surface area contributed by atoms with E-state index in [4.69, 9.17) is 0 Å². The number of amides is 2. The fourth-order valence-electron chi connectivity index (χ4n) is 5.09. The van der Waals surface area contributed by atoms with Crippen LogP contribution < -0.4 is 10.6 Å². The highest BCUT2D eigenvalue weighted by atomic mass is 19.1. The van der Waals surface area contributed by atoms with Crippen LogP contribution in [0, 0.1) is 11.7 Å². The Hall–Kier alpha value is -3.93. The molecule has 1 saturated carbocycles. The number of halogens is 1. The number of nitrogens with one attached hydrogen (secondary N) is 2. The number of aromatic nitrogens is 1. The minimum absolute atomic E-state index is 0.0223. The number of nitrogens with zero attached hydrogens (tertiary/aromatic N) is 1. The molecule has 36 heavy (non-hydrogen) atoms. The molecular weight excluding hydrogens is 453 g/mol. The molecule has 1 fully saturated rings. The third-order valence-electron chi connectivity index (χ3n) is 6.93. The maximum Gasteiger partial charge on any atom is 0.272 e. The maximum atomic E-state index is 14.5. The van der Waals surface area contributed by atoms with Crippen LogP contribution in [0.15, 0.2) is 78.9 Å². The third kappa shape index (κ3) is 5.48. The van der Waals surface area contributed by atoms with Gasteiger partial charge in [-0.05, 0) is 61.2 Å². The molecule has 3 aromatic carbocycles. The average molecular weight is 484 g/mol. The van der Waals surface area contributed by atoms with Gasteiger partial charge in [0, 0.05) is 34.3 Å². The first-order valence-corrected chi connectivity index (χ1v) is 12.6. The van der Waals surface area contributed by atoms with E-state index >= 15 is 0 Å². The first-order valence-electron chi connectivity index (χ1n) is 12.6. The lowest BCUT2D eigenvalue weighted by Gasteiger charge is -2.20. The van der Waals surface area contributed by atoms with E-state index in [9.17, 15) is 14.0 Å². The van der Waals surface area contributed by atoms with E-state index in [1.54, 1.807) is 24.3 Å². The molecule has 0 aliphatic heterocycles. The van der Waals surface area contributed by atoms with Crippen LogP contribution in [-0.4, -0.2) is 16.4 Å². The van der Waals surface area contributed by atoms with Gasteiger partial charge in [-0.25, -0.2) is 4.39 Å². The van der Waals surface area contributed by atoms with E-state index in [1.807, 2.05) is 53.1 Å². The normalized spacial score (nSPS) is 14.0. The van der Waals surface area contributed by atoms with E-state index in [2.05, 4.69) is 10.6 Å². The highest BCUT2D eigenvalue weighted by Gasteiger charge is 2.19. The largest absolute Gasteiger partial charge is 0.332 e. The van der Waals surface area contributed by atoms with E-state index in [-0.39, 0.29) is 24.2 Å². The summed E-state index contributed by atoms with van der Waals surface area (Å²) in [5.74, 6) is -0.122. The van der Waals surface area contributed by atoms with Crippen LogP contribution in [0.4, 0.5) is 15.8 Å². The molecule has 1 aromatic heterocycles. The van der Waals surface area contributed by atoms with Gasteiger partial charge in [0.05, 0.1) is 6.54 Å². The Morgan fingerprint density at radius 3 is 2.36 bits per heavy atom. The lowest BCUT2D eigenvalue weighted by atomic mass is 9.87. The van der Waals surface area contributed by atoms with Crippen molar-refractivity contribution in [2.45, 2.75) is 45.1 Å². The third-order valence-corrected chi connectivity index (χ3v) is 6.93. The first kappa shape index (κ1) is 23.8. The molecule has 0 saturated heterocycles. The van der Waals surface area contributed by atoms with Crippen molar-refractivity contribution in [1.29, 1.82) is 0 Å². The van der Waals surface area contributed by atoms with E-state index in [0.717, 1.165) is 23.7 Å². The summed E-state index contributed by atoms with van der Waals surface area (Å²) in [6.07, 6.45) is 6.44. The van der Waals surface area contributed by atoms with Crippen LogP contribution in [-0.2, 0) is 11.3 Å². The molecule has 0 atom stereocenters. The van der Waals surface area contributed by atoms with Crippen LogP contribution in [0.2, 0.25) is 0 Å². The monoisotopic (exact) mass is 483 g/mol. The topological polar surface area (TPSA) is 63.1 Å². The van der Waals surface area contributed by atoms with Crippen molar-refractivity contribution in [2.75, 3.05) is 10.6 Å². The zero-order chi connectivity index (χ0) is 24.9. The highest BCUT2D eigenvalue weighted by Crippen LogP contribution is 2.28. The number of hydrogen-bond acceptors (Lipinski definition) is 2. The Bertz CT molecular complexity index is 1370. The zero-order valence-electron chi connectivity index (χ0n) is 20.2. The predicted molar refractivity (Wildman–Crippen MR) is 142 cm³/mol. The SMILES string of the molecule is O=C(CC1CCCCC1)Nc1ccc2c(c1)cc(C(=O)Nc1ccccc1)n2Cc1ccccc1F. The van der Waals surface area contributed by atoms with Gasteiger partial charge < -0.3 is 15.2 Å². The summed E-state index contributed by atoms with van der Waals surface area (Å²) in [6, 6.07) is 23.2. The molecular formula is C30H30FN3O2. The van der Waals surface area contributed by atoms with Crippen LogP contribution in [0.25, 0.3) is 10.9 Å². The van der Waals surface area contributed by atoms with Crippen molar-refractivity contribution < 1.29 is 14.0 Å². The van der Waals surface area contributed by atoms with Gasteiger partial charge >= 0.3 is 0 Å². The number of para-hydroxylation sites is 1. The number of fused-ring (bicyclic) bond motifs is 1. The number of rotatable bonds is 7. The quantitative estimate of drug-likeness (QED) is 0.298. The van der Waals surface area contributed by atoms with Gasteiger partial charge in [-0.3, -0.25) is 9.59 Å². The van der Waals surface area contributed by atoms with Crippen LogP contribution in [0.5, 0.6) is 0 Å². The number of anilines is 2. The fraction of sp³-hybridized carbons (Fsp3) is 0.267. The first-order chi connectivity index (χ1) is 17.6. The van der Waals surface area contributed by atoms with Gasteiger partial charge in [-0.15, -0.1) is 0 Å². The van der Waals surface area contributed by atoms with Crippen LogP contribution in [0.3, 0.4) is 0 Å². The second-order valence-corrected chi connectivity index (χ2v) is 9.56. The molecule has 2 amide bonds. The molecule has 2 N–H and O–H groups in total. The highest BCUT2D eigenvalue weighted by molar-refractivity contribution is 6.07.